The van der Waals surface area contributed by atoms with E-state index in [0.29, 0.717) is 11.8 Å². The third kappa shape index (κ3) is 4.03. The third-order valence-electron chi connectivity index (χ3n) is 2.30. The van der Waals surface area contributed by atoms with Crippen LogP contribution in [0.5, 0.6) is 0 Å². The van der Waals surface area contributed by atoms with E-state index in [1.165, 1.54) is 0 Å². The number of rotatable bonds is 3. The van der Waals surface area contributed by atoms with Crippen molar-refractivity contribution in [3.63, 3.8) is 0 Å². The van der Waals surface area contributed by atoms with Gasteiger partial charge in [-0.15, -0.1) is 0 Å². The van der Waals surface area contributed by atoms with E-state index in [0.717, 1.165) is 37.4 Å². The Morgan fingerprint density at radius 3 is 2.54 bits per heavy atom. The average Bonchev–Trinajstić information content (AvgIpc) is 2.15. The zero-order valence-electron chi connectivity index (χ0n) is 8.58. The molecule has 1 aliphatic heterocycles. The number of amides is 1. The number of carbonyl (C=O) groups excluding carboxylic acids is 1. The third-order valence-corrected chi connectivity index (χ3v) is 3.24. The molecule has 2 nitrogen and oxygen atoms in total. The molecule has 0 bridgehead atoms. The molecule has 1 rings (SSSR count). The van der Waals surface area contributed by atoms with E-state index in [1.54, 1.807) is 0 Å². The summed E-state index contributed by atoms with van der Waals surface area (Å²) < 4.78 is 0. The lowest BCUT2D eigenvalue weighted by Gasteiger charge is -2.26. The molecule has 0 radical (unpaired) electrons. The second kappa shape index (κ2) is 5.53. The van der Waals surface area contributed by atoms with E-state index in [-0.39, 0.29) is 0 Å². The highest BCUT2D eigenvalue weighted by molar-refractivity contribution is 7.99. The Balaban J connectivity index is 2.21. The van der Waals surface area contributed by atoms with Crippen LogP contribution < -0.4 is 0 Å². The molecule has 1 aliphatic rings. The van der Waals surface area contributed by atoms with Gasteiger partial charge in [0.2, 0.25) is 5.91 Å². The smallest absolute Gasteiger partial charge is 0.222 e. The van der Waals surface area contributed by atoms with Gasteiger partial charge in [-0.25, -0.2) is 0 Å². The maximum Gasteiger partial charge on any atom is 0.222 e. The largest absolute Gasteiger partial charge is 0.341 e. The zero-order valence-corrected chi connectivity index (χ0v) is 9.40. The van der Waals surface area contributed by atoms with Crippen molar-refractivity contribution in [2.24, 2.45) is 5.92 Å². The summed E-state index contributed by atoms with van der Waals surface area (Å²) in [4.78, 5) is 13.6. The van der Waals surface area contributed by atoms with Crippen LogP contribution in [-0.2, 0) is 4.79 Å². The van der Waals surface area contributed by atoms with Gasteiger partial charge in [-0.3, -0.25) is 4.79 Å². The first kappa shape index (κ1) is 10.9. The Labute approximate surface area is 85.1 Å². The molecule has 1 saturated heterocycles. The molecule has 0 saturated carbocycles. The molecule has 3 heteroatoms. The fourth-order valence-electron chi connectivity index (χ4n) is 1.38. The average molecular weight is 201 g/mol. The van der Waals surface area contributed by atoms with E-state index in [4.69, 9.17) is 0 Å². The SMILES string of the molecule is CC(C)CCC(=O)N1CCSCC1. The molecular formula is C10H19NOS. The monoisotopic (exact) mass is 201 g/mol. The summed E-state index contributed by atoms with van der Waals surface area (Å²) in [5.74, 6) is 3.23. The quantitative estimate of drug-likeness (QED) is 0.696. The molecule has 0 aliphatic carbocycles. The van der Waals surface area contributed by atoms with Gasteiger partial charge in [-0.1, -0.05) is 13.8 Å². The van der Waals surface area contributed by atoms with Gasteiger partial charge in [0.05, 0.1) is 0 Å². The highest BCUT2D eigenvalue weighted by Crippen LogP contribution is 2.12. The fraction of sp³-hybridized carbons (Fsp3) is 0.900. The summed E-state index contributed by atoms with van der Waals surface area (Å²) in [5, 5.41) is 0. The molecule has 0 aromatic heterocycles. The Morgan fingerprint density at radius 2 is 2.00 bits per heavy atom. The van der Waals surface area contributed by atoms with Gasteiger partial charge in [0.25, 0.3) is 0 Å². The van der Waals surface area contributed by atoms with Gasteiger partial charge in [0.15, 0.2) is 0 Å². The van der Waals surface area contributed by atoms with Crippen LogP contribution in [0.15, 0.2) is 0 Å². The lowest BCUT2D eigenvalue weighted by molar-refractivity contribution is -0.131. The van der Waals surface area contributed by atoms with Crippen molar-refractivity contribution in [2.75, 3.05) is 24.6 Å². The fourth-order valence-corrected chi connectivity index (χ4v) is 2.29. The molecule has 0 aromatic carbocycles. The lowest BCUT2D eigenvalue weighted by atomic mass is 10.1. The van der Waals surface area contributed by atoms with E-state index in [9.17, 15) is 4.79 Å². The van der Waals surface area contributed by atoms with Crippen LogP contribution in [0.4, 0.5) is 0 Å². The minimum absolute atomic E-state index is 0.356. The highest BCUT2D eigenvalue weighted by atomic mass is 32.2. The first-order valence-electron chi connectivity index (χ1n) is 5.05. The number of hydrogen-bond donors (Lipinski definition) is 0. The van der Waals surface area contributed by atoms with Crippen LogP contribution in [-0.4, -0.2) is 35.4 Å². The van der Waals surface area contributed by atoms with Crippen LogP contribution >= 0.6 is 11.8 Å². The van der Waals surface area contributed by atoms with Crippen molar-refractivity contribution < 1.29 is 4.79 Å². The molecule has 0 spiro atoms. The van der Waals surface area contributed by atoms with Crippen molar-refractivity contribution in [1.29, 1.82) is 0 Å². The van der Waals surface area contributed by atoms with Gasteiger partial charge in [-0.05, 0) is 12.3 Å². The minimum Gasteiger partial charge on any atom is -0.341 e. The topological polar surface area (TPSA) is 20.3 Å². The predicted octanol–water partition coefficient (Wildman–Crippen LogP) is 2.00. The van der Waals surface area contributed by atoms with E-state index >= 15 is 0 Å². The van der Waals surface area contributed by atoms with Crippen molar-refractivity contribution in [3.05, 3.63) is 0 Å². The summed E-state index contributed by atoms with van der Waals surface area (Å²) in [6.07, 6.45) is 1.77. The first-order chi connectivity index (χ1) is 6.20. The summed E-state index contributed by atoms with van der Waals surface area (Å²) in [5.41, 5.74) is 0. The van der Waals surface area contributed by atoms with Gasteiger partial charge in [-0.2, -0.15) is 11.8 Å². The molecule has 1 fully saturated rings. The minimum atomic E-state index is 0.356. The van der Waals surface area contributed by atoms with Gasteiger partial charge < -0.3 is 4.90 Å². The van der Waals surface area contributed by atoms with Crippen LogP contribution in [0, 0.1) is 5.92 Å². The molecule has 0 unspecified atom stereocenters. The summed E-state index contributed by atoms with van der Waals surface area (Å²) in [7, 11) is 0. The van der Waals surface area contributed by atoms with Gasteiger partial charge in [0, 0.05) is 31.0 Å². The van der Waals surface area contributed by atoms with Crippen molar-refractivity contribution in [2.45, 2.75) is 26.7 Å². The van der Waals surface area contributed by atoms with E-state index < -0.39 is 0 Å². The summed E-state index contributed by atoms with van der Waals surface area (Å²) in [6, 6.07) is 0. The second-order valence-corrected chi connectivity index (χ2v) is 5.15. The second-order valence-electron chi connectivity index (χ2n) is 3.93. The van der Waals surface area contributed by atoms with Crippen LogP contribution in [0.2, 0.25) is 0 Å². The molecule has 13 heavy (non-hydrogen) atoms. The predicted molar refractivity (Wildman–Crippen MR) is 58.0 cm³/mol. The van der Waals surface area contributed by atoms with Gasteiger partial charge >= 0.3 is 0 Å². The maximum atomic E-state index is 11.6. The number of thioether (sulfide) groups is 1. The molecular weight excluding hydrogens is 182 g/mol. The summed E-state index contributed by atoms with van der Waals surface area (Å²) >= 11 is 1.95. The van der Waals surface area contributed by atoms with Crippen molar-refractivity contribution in [3.8, 4) is 0 Å². The molecule has 76 valence electrons. The maximum absolute atomic E-state index is 11.6. The molecule has 0 N–H and O–H groups in total. The summed E-state index contributed by atoms with van der Waals surface area (Å²) in [6.45, 7) is 6.25. The van der Waals surface area contributed by atoms with Crippen molar-refractivity contribution >= 4 is 17.7 Å². The lowest BCUT2D eigenvalue weighted by Crippen LogP contribution is -2.37. The zero-order chi connectivity index (χ0) is 9.68. The Morgan fingerprint density at radius 1 is 1.38 bits per heavy atom. The van der Waals surface area contributed by atoms with Crippen LogP contribution in [0.3, 0.4) is 0 Å². The standard InChI is InChI=1S/C10H19NOS/c1-9(2)3-4-10(12)11-5-7-13-8-6-11/h9H,3-8H2,1-2H3. The Bertz CT molecular complexity index is 164. The van der Waals surface area contributed by atoms with E-state index in [2.05, 4.69) is 13.8 Å². The highest BCUT2D eigenvalue weighted by Gasteiger charge is 2.16. The normalized spacial score (nSPS) is 17.9. The number of nitrogens with zero attached hydrogens (tertiary/aromatic N) is 1. The van der Waals surface area contributed by atoms with Crippen molar-refractivity contribution in [1.82, 2.24) is 4.90 Å². The van der Waals surface area contributed by atoms with Crippen LogP contribution in [0.1, 0.15) is 26.7 Å². The van der Waals surface area contributed by atoms with Crippen LogP contribution in [0.25, 0.3) is 0 Å². The molecule has 0 aromatic rings. The number of carbonyl (C=O) groups is 1. The molecule has 1 amide bonds. The van der Waals surface area contributed by atoms with E-state index in [1.807, 2.05) is 16.7 Å². The van der Waals surface area contributed by atoms with Gasteiger partial charge in [0.1, 0.15) is 0 Å². The Hall–Kier alpha value is -0.180. The first-order valence-corrected chi connectivity index (χ1v) is 6.21. The molecule has 0 atom stereocenters. The Kier molecular flexibility index (Phi) is 4.64. The molecule has 1 heterocycles. The number of hydrogen-bond acceptors (Lipinski definition) is 2.